The van der Waals surface area contributed by atoms with E-state index in [1.807, 2.05) is 49.5 Å². The van der Waals surface area contributed by atoms with Gasteiger partial charge in [-0.05, 0) is 12.1 Å². The van der Waals surface area contributed by atoms with Gasteiger partial charge in [0.1, 0.15) is 4.99 Å². The number of hydrogen-bond donors (Lipinski definition) is 0. The van der Waals surface area contributed by atoms with Crippen molar-refractivity contribution in [3.8, 4) is 0 Å². The van der Waals surface area contributed by atoms with Crippen LogP contribution in [0.2, 0.25) is 0 Å². The molecule has 3 aromatic rings. The summed E-state index contributed by atoms with van der Waals surface area (Å²) in [5.74, 6) is 0. The van der Waals surface area contributed by atoms with Crippen LogP contribution in [0.5, 0.6) is 0 Å². The maximum atomic E-state index is 5.39. The first-order valence-electron chi connectivity index (χ1n) is 5.94. The molecule has 0 saturated carbocycles. The van der Waals surface area contributed by atoms with Gasteiger partial charge in [-0.3, -0.25) is 0 Å². The second-order valence-electron chi connectivity index (χ2n) is 4.19. The van der Waals surface area contributed by atoms with E-state index in [4.69, 9.17) is 12.2 Å². The molecule has 0 spiro atoms. The van der Waals surface area contributed by atoms with Gasteiger partial charge in [0, 0.05) is 12.6 Å². The van der Waals surface area contributed by atoms with Crippen LogP contribution in [0.4, 0.5) is 0 Å². The van der Waals surface area contributed by atoms with Gasteiger partial charge in [-0.15, -0.1) is 0 Å². The number of benzene rings is 2. The van der Waals surface area contributed by atoms with E-state index in [0.29, 0.717) is 4.99 Å². The number of para-hydroxylation sites is 1. The molecule has 3 rings (SSSR count). The molecule has 0 aliphatic carbocycles. The predicted molar refractivity (Wildman–Crippen MR) is 84.5 cm³/mol. The quantitative estimate of drug-likeness (QED) is 0.625. The third kappa shape index (κ3) is 2.37. The van der Waals surface area contributed by atoms with E-state index in [-0.39, 0.29) is 0 Å². The van der Waals surface area contributed by atoms with E-state index in [0.717, 1.165) is 10.4 Å². The van der Waals surface area contributed by atoms with Crippen LogP contribution in [0, 0.1) is 0 Å². The highest BCUT2D eigenvalue weighted by atomic mass is 32.1. The molecule has 0 bridgehead atoms. The molecule has 19 heavy (non-hydrogen) atoms. The lowest BCUT2D eigenvalue weighted by molar-refractivity contribution is 0.917. The zero-order valence-electron chi connectivity index (χ0n) is 10.4. The van der Waals surface area contributed by atoms with E-state index >= 15 is 0 Å². The van der Waals surface area contributed by atoms with Crippen LogP contribution in [0.3, 0.4) is 0 Å². The topological polar surface area (TPSA) is 17.3 Å². The fourth-order valence-electron chi connectivity index (χ4n) is 1.92. The summed E-state index contributed by atoms with van der Waals surface area (Å²) in [6.45, 7) is 0. The van der Waals surface area contributed by atoms with Crippen LogP contribution in [0.1, 0.15) is 5.56 Å². The fraction of sp³-hybridized carbons (Fsp3) is 0.0667. The SMILES string of the molecule is Cn1c(=NC(=S)c2ccccc2)sc2ccccc21. The van der Waals surface area contributed by atoms with Crippen LogP contribution in [0.15, 0.2) is 59.6 Å². The van der Waals surface area contributed by atoms with Crippen molar-refractivity contribution >= 4 is 38.8 Å². The van der Waals surface area contributed by atoms with Gasteiger partial charge in [0.25, 0.3) is 0 Å². The molecule has 94 valence electrons. The molecule has 0 saturated heterocycles. The maximum Gasteiger partial charge on any atom is 0.191 e. The van der Waals surface area contributed by atoms with Crippen molar-refractivity contribution in [2.24, 2.45) is 12.0 Å². The first-order chi connectivity index (χ1) is 9.25. The zero-order chi connectivity index (χ0) is 13.2. The molecule has 2 nitrogen and oxygen atoms in total. The first-order valence-corrected chi connectivity index (χ1v) is 7.17. The van der Waals surface area contributed by atoms with Crippen molar-refractivity contribution in [3.63, 3.8) is 0 Å². The molecule has 4 heteroatoms. The Morgan fingerprint density at radius 3 is 2.47 bits per heavy atom. The van der Waals surface area contributed by atoms with Gasteiger partial charge >= 0.3 is 0 Å². The highest BCUT2D eigenvalue weighted by molar-refractivity contribution is 7.80. The Labute approximate surface area is 120 Å². The molecule has 0 radical (unpaired) electrons. The van der Waals surface area contributed by atoms with Crippen molar-refractivity contribution in [2.45, 2.75) is 0 Å². The normalized spacial score (nSPS) is 11.9. The summed E-state index contributed by atoms with van der Waals surface area (Å²) >= 11 is 7.05. The van der Waals surface area contributed by atoms with E-state index in [2.05, 4.69) is 21.7 Å². The van der Waals surface area contributed by atoms with Gasteiger partial charge in [-0.25, -0.2) is 4.99 Å². The number of thiazole rings is 1. The summed E-state index contributed by atoms with van der Waals surface area (Å²) in [4.78, 5) is 6.13. The van der Waals surface area contributed by atoms with Gasteiger partial charge in [0.05, 0.1) is 10.2 Å². The summed E-state index contributed by atoms with van der Waals surface area (Å²) in [5.41, 5.74) is 2.16. The van der Waals surface area contributed by atoms with Gasteiger partial charge in [0.2, 0.25) is 0 Å². The van der Waals surface area contributed by atoms with Gasteiger partial charge < -0.3 is 4.57 Å². The maximum absolute atomic E-state index is 5.39. The smallest absolute Gasteiger partial charge is 0.191 e. The molecule has 1 heterocycles. The molecule has 1 aromatic heterocycles. The average Bonchev–Trinajstić information content (AvgIpc) is 2.77. The van der Waals surface area contributed by atoms with Crippen LogP contribution < -0.4 is 4.80 Å². The first kappa shape index (κ1) is 12.3. The van der Waals surface area contributed by atoms with Gasteiger partial charge in [-0.2, -0.15) is 0 Å². The summed E-state index contributed by atoms with van der Waals surface area (Å²) in [7, 11) is 2.02. The van der Waals surface area contributed by atoms with E-state index in [1.54, 1.807) is 11.3 Å². The Hall–Kier alpha value is -1.78. The molecular formula is C15H12N2S2. The Morgan fingerprint density at radius 1 is 1.05 bits per heavy atom. The number of nitrogens with zero attached hydrogens (tertiary/aromatic N) is 2. The number of aryl methyl sites for hydroxylation is 1. The van der Waals surface area contributed by atoms with Crippen molar-refractivity contribution in [2.75, 3.05) is 0 Å². The number of rotatable bonds is 1. The molecule has 0 N–H and O–H groups in total. The Kier molecular flexibility index (Phi) is 3.27. The lowest BCUT2D eigenvalue weighted by Gasteiger charge is -1.97. The standard InChI is InChI=1S/C15H12N2S2/c1-17-12-9-5-6-10-13(12)19-15(17)16-14(18)11-7-3-2-4-8-11/h2-10H,1H3. The Morgan fingerprint density at radius 2 is 1.74 bits per heavy atom. The number of aromatic nitrogens is 1. The van der Waals surface area contributed by atoms with Crippen molar-refractivity contribution in [1.29, 1.82) is 0 Å². The molecular weight excluding hydrogens is 272 g/mol. The summed E-state index contributed by atoms with van der Waals surface area (Å²) < 4.78 is 3.30. The van der Waals surface area contributed by atoms with Crippen molar-refractivity contribution in [3.05, 3.63) is 65.0 Å². The number of hydrogen-bond acceptors (Lipinski definition) is 2. The monoisotopic (exact) mass is 284 g/mol. The molecule has 0 aliphatic rings. The lowest BCUT2D eigenvalue weighted by Crippen LogP contribution is -2.12. The van der Waals surface area contributed by atoms with Crippen LogP contribution in [-0.2, 0) is 7.05 Å². The minimum atomic E-state index is 0.628. The Balaban J connectivity index is 2.12. The minimum absolute atomic E-state index is 0.628. The largest absolute Gasteiger partial charge is 0.319 e. The fourth-order valence-corrected chi connectivity index (χ4v) is 3.23. The molecule has 0 aliphatic heterocycles. The second kappa shape index (κ2) is 5.07. The van der Waals surface area contributed by atoms with Crippen molar-refractivity contribution in [1.82, 2.24) is 4.57 Å². The average molecular weight is 284 g/mol. The minimum Gasteiger partial charge on any atom is -0.319 e. The van der Waals surface area contributed by atoms with E-state index in [1.165, 1.54) is 10.2 Å². The molecule has 0 fully saturated rings. The molecule has 0 amide bonds. The zero-order valence-corrected chi connectivity index (χ0v) is 12.0. The second-order valence-corrected chi connectivity index (χ2v) is 5.59. The number of fused-ring (bicyclic) bond motifs is 1. The van der Waals surface area contributed by atoms with Crippen LogP contribution >= 0.6 is 23.6 Å². The van der Waals surface area contributed by atoms with Crippen molar-refractivity contribution < 1.29 is 0 Å². The van der Waals surface area contributed by atoms with Crippen LogP contribution in [-0.4, -0.2) is 9.56 Å². The number of thiocarbonyl (C=S) groups is 1. The lowest BCUT2D eigenvalue weighted by atomic mass is 10.2. The predicted octanol–water partition coefficient (Wildman–Crippen LogP) is 3.52. The highest BCUT2D eigenvalue weighted by Crippen LogP contribution is 2.15. The summed E-state index contributed by atoms with van der Waals surface area (Å²) in [6.07, 6.45) is 0. The van der Waals surface area contributed by atoms with Gasteiger partial charge in [-0.1, -0.05) is 66.0 Å². The van der Waals surface area contributed by atoms with Crippen LogP contribution in [0.25, 0.3) is 10.2 Å². The summed E-state index contributed by atoms with van der Waals surface area (Å²) in [6, 6.07) is 18.2. The Bertz CT molecular complexity index is 798. The highest BCUT2D eigenvalue weighted by Gasteiger charge is 2.03. The third-order valence-corrected chi connectivity index (χ3v) is 4.37. The molecule has 0 unspecified atom stereocenters. The van der Waals surface area contributed by atoms with E-state index < -0.39 is 0 Å². The van der Waals surface area contributed by atoms with E-state index in [9.17, 15) is 0 Å². The third-order valence-electron chi connectivity index (χ3n) is 2.93. The van der Waals surface area contributed by atoms with Gasteiger partial charge in [0.15, 0.2) is 4.80 Å². The molecule has 0 atom stereocenters. The summed E-state index contributed by atoms with van der Waals surface area (Å²) in [5, 5.41) is 0. The molecule has 2 aromatic carbocycles.